The fraction of sp³-hybridized carbons (Fsp3) is 0. The molecule has 0 fully saturated rings. The smallest absolute Gasteiger partial charge is 0.234 e. The van der Waals surface area contributed by atoms with Crippen LogP contribution in [0.1, 0.15) is 5.56 Å². The molecule has 0 bridgehead atoms. The zero-order chi connectivity index (χ0) is 9.26. The molecule has 0 atom stereocenters. The van der Waals surface area contributed by atoms with Crippen molar-refractivity contribution in [1.82, 2.24) is 0 Å². The van der Waals surface area contributed by atoms with Crippen molar-refractivity contribution in [2.75, 3.05) is 5.73 Å². The lowest BCUT2D eigenvalue weighted by molar-refractivity contribution is 0.563. The summed E-state index contributed by atoms with van der Waals surface area (Å²) in [6, 6.07) is 10.9. The van der Waals surface area contributed by atoms with Gasteiger partial charge in [-0.15, -0.1) is 0 Å². The largest absolute Gasteiger partial charge is 0.398 e. The van der Waals surface area contributed by atoms with Crippen LogP contribution in [0.4, 0.5) is 5.69 Å². The molecular formula is C11H8NO. The van der Waals surface area contributed by atoms with Gasteiger partial charge < -0.3 is 5.73 Å². The van der Waals surface area contributed by atoms with E-state index in [1.165, 1.54) is 0 Å². The number of benzene rings is 2. The van der Waals surface area contributed by atoms with Crippen LogP contribution >= 0.6 is 0 Å². The van der Waals surface area contributed by atoms with Crippen molar-refractivity contribution in [2.45, 2.75) is 0 Å². The summed E-state index contributed by atoms with van der Waals surface area (Å²) in [6.07, 6.45) is 1.89. The zero-order valence-corrected chi connectivity index (χ0v) is 6.95. The molecular weight excluding hydrogens is 162 g/mol. The van der Waals surface area contributed by atoms with E-state index in [2.05, 4.69) is 0 Å². The second-order valence-corrected chi connectivity index (χ2v) is 2.85. The first-order valence-electron chi connectivity index (χ1n) is 3.98. The number of anilines is 1. The van der Waals surface area contributed by atoms with E-state index in [1.807, 2.05) is 30.6 Å². The van der Waals surface area contributed by atoms with Gasteiger partial charge in [-0.3, -0.25) is 4.79 Å². The molecule has 63 valence electrons. The van der Waals surface area contributed by atoms with Crippen molar-refractivity contribution in [3.05, 3.63) is 42.0 Å². The minimum absolute atomic E-state index is 0.560. The Morgan fingerprint density at radius 1 is 1.00 bits per heavy atom. The van der Waals surface area contributed by atoms with Crippen molar-refractivity contribution >= 4 is 22.7 Å². The van der Waals surface area contributed by atoms with Gasteiger partial charge in [0.1, 0.15) is 0 Å². The summed E-state index contributed by atoms with van der Waals surface area (Å²) in [5, 5.41) is 1.76. The molecule has 0 aliphatic carbocycles. The van der Waals surface area contributed by atoms with Gasteiger partial charge in [-0.05, 0) is 11.5 Å². The molecule has 0 amide bonds. The van der Waals surface area contributed by atoms with Crippen LogP contribution in [-0.4, -0.2) is 6.29 Å². The van der Waals surface area contributed by atoms with Crippen molar-refractivity contribution in [2.24, 2.45) is 0 Å². The van der Waals surface area contributed by atoms with Crippen LogP contribution in [0, 0.1) is 0 Å². The monoisotopic (exact) mass is 170 g/mol. The van der Waals surface area contributed by atoms with Gasteiger partial charge in [-0.2, -0.15) is 0 Å². The van der Waals surface area contributed by atoms with Gasteiger partial charge in [0.25, 0.3) is 0 Å². The number of rotatable bonds is 1. The molecule has 2 N–H and O–H groups in total. The summed E-state index contributed by atoms with van der Waals surface area (Å²) in [5.41, 5.74) is 7.00. The highest BCUT2D eigenvalue weighted by molar-refractivity contribution is 6.02. The molecule has 2 aromatic carbocycles. The van der Waals surface area contributed by atoms with E-state index in [9.17, 15) is 4.79 Å². The van der Waals surface area contributed by atoms with Crippen molar-refractivity contribution in [1.29, 1.82) is 0 Å². The van der Waals surface area contributed by atoms with E-state index in [-0.39, 0.29) is 0 Å². The number of fused-ring (bicyclic) bond motifs is 1. The summed E-state index contributed by atoms with van der Waals surface area (Å²) in [6.45, 7) is 0. The van der Waals surface area contributed by atoms with Crippen LogP contribution in [0.25, 0.3) is 10.8 Å². The van der Waals surface area contributed by atoms with Crippen molar-refractivity contribution in [3.8, 4) is 0 Å². The lowest BCUT2D eigenvalue weighted by Crippen LogP contribution is -1.89. The highest BCUT2D eigenvalue weighted by Gasteiger charge is 2.01. The molecule has 2 nitrogen and oxygen atoms in total. The fourth-order valence-corrected chi connectivity index (χ4v) is 1.42. The Morgan fingerprint density at radius 3 is 2.46 bits per heavy atom. The Hall–Kier alpha value is -1.83. The van der Waals surface area contributed by atoms with Gasteiger partial charge in [0.2, 0.25) is 6.29 Å². The Balaban J connectivity index is 2.92. The molecule has 13 heavy (non-hydrogen) atoms. The predicted octanol–water partition coefficient (Wildman–Crippen LogP) is 1.88. The van der Waals surface area contributed by atoms with E-state index in [1.54, 1.807) is 12.1 Å². The van der Waals surface area contributed by atoms with Gasteiger partial charge in [-0.1, -0.05) is 30.3 Å². The maximum absolute atomic E-state index is 10.6. The van der Waals surface area contributed by atoms with Gasteiger partial charge in [0.05, 0.1) is 0 Å². The number of nitrogen functional groups attached to an aromatic ring is 1. The SMILES string of the molecule is Nc1cccc2c([C]=O)cccc12. The van der Waals surface area contributed by atoms with E-state index in [0.29, 0.717) is 11.3 Å². The molecule has 2 rings (SSSR count). The minimum atomic E-state index is 0.560. The van der Waals surface area contributed by atoms with Crippen molar-refractivity contribution < 1.29 is 4.79 Å². The van der Waals surface area contributed by atoms with Crippen LogP contribution in [0.5, 0.6) is 0 Å². The Kier molecular flexibility index (Phi) is 1.74. The molecule has 2 aromatic rings. The Morgan fingerprint density at radius 2 is 1.69 bits per heavy atom. The molecule has 0 aliphatic rings. The maximum Gasteiger partial charge on any atom is 0.234 e. The van der Waals surface area contributed by atoms with Crippen molar-refractivity contribution in [3.63, 3.8) is 0 Å². The molecule has 0 unspecified atom stereocenters. The Bertz CT molecular complexity index is 463. The fourth-order valence-electron chi connectivity index (χ4n) is 1.42. The summed E-state index contributed by atoms with van der Waals surface area (Å²) < 4.78 is 0. The zero-order valence-electron chi connectivity index (χ0n) is 6.95. The summed E-state index contributed by atoms with van der Waals surface area (Å²) in [7, 11) is 0. The van der Waals surface area contributed by atoms with Crippen LogP contribution in [0.2, 0.25) is 0 Å². The lowest BCUT2D eigenvalue weighted by atomic mass is 10.0. The molecule has 2 heteroatoms. The first-order valence-corrected chi connectivity index (χ1v) is 3.98. The third-order valence-corrected chi connectivity index (χ3v) is 2.07. The second-order valence-electron chi connectivity index (χ2n) is 2.85. The highest BCUT2D eigenvalue weighted by Crippen LogP contribution is 2.22. The standard InChI is InChI=1S/C11H8NO/c12-11-6-2-4-9-8(7-13)3-1-5-10(9)11/h1-6H,12H2. The Labute approximate surface area is 76.0 Å². The van der Waals surface area contributed by atoms with E-state index in [0.717, 1.165) is 10.8 Å². The van der Waals surface area contributed by atoms with Gasteiger partial charge in [0, 0.05) is 16.6 Å². The second kappa shape index (κ2) is 2.90. The van der Waals surface area contributed by atoms with Crippen LogP contribution < -0.4 is 5.73 Å². The number of nitrogens with two attached hydrogens (primary N) is 1. The quantitative estimate of drug-likeness (QED) is 0.664. The normalized spacial score (nSPS) is 10.2. The maximum atomic E-state index is 10.6. The molecule has 1 radical (unpaired) electrons. The molecule has 0 aromatic heterocycles. The molecule has 0 aliphatic heterocycles. The summed E-state index contributed by atoms with van der Waals surface area (Å²) >= 11 is 0. The summed E-state index contributed by atoms with van der Waals surface area (Å²) in [4.78, 5) is 10.6. The third kappa shape index (κ3) is 1.16. The van der Waals surface area contributed by atoms with Gasteiger partial charge >= 0.3 is 0 Å². The number of hydrogen-bond donors (Lipinski definition) is 1. The average molecular weight is 170 g/mol. The molecule has 0 saturated carbocycles. The van der Waals surface area contributed by atoms with Gasteiger partial charge in [0.15, 0.2) is 0 Å². The third-order valence-electron chi connectivity index (χ3n) is 2.07. The minimum Gasteiger partial charge on any atom is -0.398 e. The first-order chi connectivity index (χ1) is 6.33. The number of hydrogen-bond acceptors (Lipinski definition) is 2. The molecule has 0 saturated heterocycles. The molecule has 0 spiro atoms. The average Bonchev–Trinajstić information content (AvgIpc) is 2.18. The highest BCUT2D eigenvalue weighted by atomic mass is 16.1. The van der Waals surface area contributed by atoms with Crippen LogP contribution in [0.15, 0.2) is 36.4 Å². The van der Waals surface area contributed by atoms with Crippen LogP contribution in [-0.2, 0) is 4.79 Å². The summed E-state index contributed by atoms with van der Waals surface area (Å²) in [5.74, 6) is 0. The van der Waals surface area contributed by atoms with E-state index >= 15 is 0 Å². The van der Waals surface area contributed by atoms with Crippen LogP contribution in [0.3, 0.4) is 0 Å². The lowest BCUT2D eigenvalue weighted by Gasteiger charge is -2.02. The topological polar surface area (TPSA) is 43.1 Å². The first kappa shape index (κ1) is 7.80. The predicted molar refractivity (Wildman–Crippen MR) is 53.2 cm³/mol. The van der Waals surface area contributed by atoms with E-state index < -0.39 is 0 Å². The number of carbonyl (C=O) groups excluding carboxylic acids is 1. The van der Waals surface area contributed by atoms with Gasteiger partial charge in [-0.25, -0.2) is 0 Å². The van der Waals surface area contributed by atoms with E-state index in [4.69, 9.17) is 5.73 Å². The molecule has 0 heterocycles.